The minimum atomic E-state index is -0.867. The maximum Gasteiger partial charge on any atom is 0.308 e. The number of benzene rings is 1. The van der Waals surface area contributed by atoms with E-state index in [0.717, 1.165) is 16.5 Å². The molecule has 1 aromatic carbocycles. The zero-order valence-electron chi connectivity index (χ0n) is 11.1. The molecule has 0 aliphatic heterocycles. The van der Waals surface area contributed by atoms with Gasteiger partial charge in [0.2, 0.25) is 0 Å². The van der Waals surface area contributed by atoms with Crippen LogP contribution in [0.1, 0.15) is 35.7 Å². The second kappa shape index (κ2) is 7.28. The Bertz CT molecular complexity index is 474. The third-order valence-electron chi connectivity index (χ3n) is 3.01. The summed E-state index contributed by atoms with van der Waals surface area (Å²) >= 11 is 3.37. The molecule has 0 aromatic heterocycles. The van der Waals surface area contributed by atoms with Crippen LogP contribution < -0.4 is 5.32 Å². The van der Waals surface area contributed by atoms with Crippen LogP contribution in [0.5, 0.6) is 0 Å². The summed E-state index contributed by atoms with van der Waals surface area (Å²) in [6.45, 7) is 3.93. The molecule has 4 nitrogen and oxygen atoms in total. The Morgan fingerprint density at radius 3 is 2.68 bits per heavy atom. The van der Waals surface area contributed by atoms with E-state index in [0.29, 0.717) is 12.0 Å². The summed E-state index contributed by atoms with van der Waals surface area (Å²) in [4.78, 5) is 23.0. The monoisotopic (exact) mass is 327 g/mol. The van der Waals surface area contributed by atoms with E-state index in [2.05, 4.69) is 21.2 Å². The maximum atomic E-state index is 12.0. The zero-order chi connectivity index (χ0) is 14.4. The van der Waals surface area contributed by atoms with Gasteiger partial charge in [0, 0.05) is 16.6 Å². The molecule has 1 atom stereocenters. The lowest BCUT2D eigenvalue weighted by Gasteiger charge is -2.13. The Hall–Kier alpha value is -1.36. The summed E-state index contributed by atoms with van der Waals surface area (Å²) in [5.74, 6) is -1.63. The molecule has 1 unspecified atom stereocenters. The highest BCUT2D eigenvalue weighted by atomic mass is 79.9. The molecule has 5 heteroatoms. The van der Waals surface area contributed by atoms with Crippen molar-refractivity contribution in [2.24, 2.45) is 5.92 Å². The fourth-order valence-corrected chi connectivity index (χ4v) is 2.19. The molecule has 19 heavy (non-hydrogen) atoms. The first-order valence-electron chi connectivity index (χ1n) is 6.23. The Morgan fingerprint density at radius 1 is 1.42 bits per heavy atom. The molecular formula is C14H18BrNO3. The van der Waals surface area contributed by atoms with E-state index in [4.69, 9.17) is 5.11 Å². The number of carbonyl (C=O) groups excluding carboxylic acids is 1. The molecule has 0 radical (unpaired) electrons. The van der Waals surface area contributed by atoms with Crippen molar-refractivity contribution in [3.8, 4) is 0 Å². The van der Waals surface area contributed by atoms with Crippen molar-refractivity contribution in [2.75, 3.05) is 6.54 Å². The molecule has 0 saturated carbocycles. The third-order valence-corrected chi connectivity index (χ3v) is 3.87. The first-order chi connectivity index (χ1) is 8.97. The molecule has 0 heterocycles. The number of nitrogens with one attached hydrogen (secondary N) is 1. The second-order valence-electron chi connectivity index (χ2n) is 4.45. The van der Waals surface area contributed by atoms with Crippen LogP contribution >= 0.6 is 15.9 Å². The van der Waals surface area contributed by atoms with Crippen molar-refractivity contribution in [1.82, 2.24) is 5.32 Å². The lowest BCUT2D eigenvalue weighted by Crippen LogP contribution is -2.33. The van der Waals surface area contributed by atoms with Crippen molar-refractivity contribution in [3.05, 3.63) is 33.8 Å². The Balaban J connectivity index is 2.69. The molecule has 0 spiro atoms. The van der Waals surface area contributed by atoms with Gasteiger partial charge in [0.05, 0.1) is 5.92 Å². The average molecular weight is 328 g/mol. The van der Waals surface area contributed by atoms with Crippen LogP contribution in [0, 0.1) is 12.8 Å². The highest BCUT2D eigenvalue weighted by molar-refractivity contribution is 9.10. The summed E-state index contributed by atoms with van der Waals surface area (Å²) in [6.07, 6.45) is 1.34. The zero-order valence-corrected chi connectivity index (χ0v) is 12.7. The molecule has 0 aliphatic rings. The number of hydrogen-bond donors (Lipinski definition) is 2. The number of aliphatic carboxylic acids is 1. The molecule has 0 bridgehead atoms. The van der Waals surface area contributed by atoms with Gasteiger partial charge in [-0.2, -0.15) is 0 Å². The van der Waals surface area contributed by atoms with Crippen LogP contribution in [0.3, 0.4) is 0 Å². The quantitative estimate of drug-likeness (QED) is 0.844. The van der Waals surface area contributed by atoms with E-state index in [9.17, 15) is 9.59 Å². The van der Waals surface area contributed by atoms with E-state index < -0.39 is 11.9 Å². The van der Waals surface area contributed by atoms with Crippen LogP contribution in [-0.4, -0.2) is 23.5 Å². The van der Waals surface area contributed by atoms with Crippen molar-refractivity contribution >= 4 is 27.8 Å². The van der Waals surface area contributed by atoms with E-state index >= 15 is 0 Å². The van der Waals surface area contributed by atoms with Gasteiger partial charge in [-0.15, -0.1) is 0 Å². The standard InChI is InChI=1S/C14H18BrNO3/c1-3-5-10(14(18)19)8-16-13(17)11-6-4-7-12(15)9(11)2/h4,6-7,10H,3,5,8H2,1-2H3,(H,16,17)(H,18,19). The van der Waals surface area contributed by atoms with Gasteiger partial charge in [0.25, 0.3) is 5.91 Å². The molecule has 0 aliphatic carbocycles. The normalized spacial score (nSPS) is 11.9. The summed E-state index contributed by atoms with van der Waals surface area (Å²) < 4.78 is 0.864. The summed E-state index contributed by atoms with van der Waals surface area (Å²) in [5, 5.41) is 11.7. The topological polar surface area (TPSA) is 66.4 Å². The Kier molecular flexibility index (Phi) is 6.02. The van der Waals surface area contributed by atoms with Crippen LogP contribution in [0.15, 0.2) is 22.7 Å². The van der Waals surface area contributed by atoms with E-state index in [1.165, 1.54) is 0 Å². The lowest BCUT2D eigenvalue weighted by molar-refractivity contribution is -0.141. The molecule has 1 amide bonds. The van der Waals surface area contributed by atoms with Crippen LogP contribution in [0.25, 0.3) is 0 Å². The summed E-state index contributed by atoms with van der Waals surface area (Å²) in [5.41, 5.74) is 1.41. The van der Waals surface area contributed by atoms with Gasteiger partial charge < -0.3 is 10.4 Å². The van der Waals surface area contributed by atoms with Crippen LogP contribution in [0.2, 0.25) is 0 Å². The van der Waals surface area contributed by atoms with Gasteiger partial charge in [-0.1, -0.05) is 35.3 Å². The van der Waals surface area contributed by atoms with Crippen LogP contribution in [0.4, 0.5) is 0 Å². The SMILES string of the molecule is CCCC(CNC(=O)c1cccc(Br)c1C)C(=O)O. The molecule has 0 fully saturated rings. The first-order valence-corrected chi connectivity index (χ1v) is 7.02. The smallest absolute Gasteiger partial charge is 0.308 e. The number of amides is 1. The van der Waals surface area contributed by atoms with Crippen LogP contribution in [-0.2, 0) is 4.79 Å². The molecule has 2 N–H and O–H groups in total. The number of carbonyl (C=O) groups is 2. The van der Waals surface area contributed by atoms with Crippen molar-refractivity contribution < 1.29 is 14.7 Å². The van der Waals surface area contributed by atoms with Crippen molar-refractivity contribution in [2.45, 2.75) is 26.7 Å². The van der Waals surface area contributed by atoms with Gasteiger partial charge in [0.1, 0.15) is 0 Å². The van der Waals surface area contributed by atoms with Crippen molar-refractivity contribution in [3.63, 3.8) is 0 Å². The number of carboxylic acid groups (broad SMARTS) is 1. The predicted octanol–water partition coefficient (Wildman–Crippen LogP) is 2.99. The van der Waals surface area contributed by atoms with Gasteiger partial charge in [-0.05, 0) is 31.0 Å². The fraction of sp³-hybridized carbons (Fsp3) is 0.429. The molecule has 1 rings (SSSR count). The van der Waals surface area contributed by atoms with Gasteiger partial charge in [0.15, 0.2) is 0 Å². The van der Waals surface area contributed by atoms with E-state index in [1.807, 2.05) is 19.9 Å². The molecule has 104 valence electrons. The average Bonchev–Trinajstić information content (AvgIpc) is 2.37. The number of halogens is 1. The molecule has 0 saturated heterocycles. The largest absolute Gasteiger partial charge is 0.481 e. The fourth-order valence-electron chi connectivity index (χ4n) is 1.83. The van der Waals surface area contributed by atoms with Gasteiger partial charge in [-0.3, -0.25) is 9.59 Å². The second-order valence-corrected chi connectivity index (χ2v) is 5.30. The highest BCUT2D eigenvalue weighted by Crippen LogP contribution is 2.19. The number of hydrogen-bond acceptors (Lipinski definition) is 2. The Morgan fingerprint density at radius 2 is 2.11 bits per heavy atom. The maximum absolute atomic E-state index is 12.0. The van der Waals surface area contributed by atoms with E-state index in [-0.39, 0.29) is 12.5 Å². The predicted molar refractivity (Wildman–Crippen MR) is 77.2 cm³/mol. The summed E-state index contributed by atoms with van der Waals surface area (Å²) in [7, 11) is 0. The summed E-state index contributed by atoms with van der Waals surface area (Å²) in [6, 6.07) is 5.38. The third kappa shape index (κ3) is 4.35. The van der Waals surface area contributed by atoms with Gasteiger partial charge in [-0.25, -0.2) is 0 Å². The lowest BCUT2D eigenvalue weighted by atomic mass is 10.0. The van der Waals surface area contributed by atoms with Gasteiger partial charge >= 0.3 is 5.97 Å². The highest BCUT2D eigenvalue weighted by Gasteiger charge is 2.18. The molecular weight excluding hydrogens is 310 g/mol. The minimum Gasteiger partial charge on any atom is -0.481 e. The Labute approximate surface area is 121 Å². The number of rotatable bonds is 6. The van der Waals surface area contributed by atoms with E-state index in [1.54, 1.807) is 12.1 Å². The van der Waals surface area contributed by atoms with Crippen molar-refractivity contribution in [1.29, 1.82) is 0 Å². The molecule has 1 aromatic rings. The number of carboxylic acids is 1. The minimum absolute atomic E-state index is 0.161. The first kappa shape index (κ1) is 15.7.